The molecule has 0 bridgehead atoms. The number of hydrogen-bond donors (Lipinski definition) is 0. The van der Waals surface area contributed by atoms with Gasteiger partial charge in [-0.15, -0.1) is 18.2 Å². The topological polar surface area (TPSA) is 0 Å². The van der Waals surface area contributed by atoms with Gasteiger partial charge in [-0.05, 0) is 19.1 Å². The predicted octanol–water partition coefficient (Wildman–Crippen LogP) is 2.72. The van der Waals surface area contributed by atoms with Gasteiger partial charge >= 0.3 is 0 Å². The Labute approximate surface area is 72.0 Å². The molecule has 0 atom stereocenters. The molecule has 1 aromatic rings. The van der Waals surface area contributed by atoms with Gasteiger partial charge in [-0.1, -0.05) is 23.6 Å². The molecule has 0 fully saturated rings. The van der Waals surface area contributed by atoms with Gasteiger partial charge in [0.25, 0.3) is 0 Å². The number of terminal acetylenes is 1. The highest BCUT2D eigenvalue weighted by molar-refractivity contribution is 7.99. The number of rotatable bonds is 2. The van der Waals surface area contributed by atoms with Crippen LogP contribution in [0.2, 0.25) is 0 Å². The third-order valence-electron chi connectivity index (χ3n) is 1.31. The Morgan fingerprint density at radius 1 is 1.55 bits per heavy atom. The fraction of sp³-hybridized carbons (Fsp3) is 0.200. The Morgan fingerprint density at radius 2 is 2.36 bits per heavy atom. The Bertz CT molecular complexity index is 270. The SMILES string of the molecule is C#CCSc1cccc(C)c1. The number of aryl methyl sites for hydroxylation is 1. The average Bonchev–Trinajstić information content (AvgIpc) is 2.01. The van der Waals surface area contributed by atoms with E-state index < -0.39 is 0 Å². The van der Waals surface area contributed by atoms with Crippen molar-refractivity contribution in [3.8, 4) is 12.3 Å². The van der Waals surface area contributed by atoms with E-state index in [1.165, 1.54) is 10.5 Å². The molecule has 56 valence electrons. The van der Waals surface area contributed by atoms with Crippen molar-refractivity contribution < 1.29 is 0 Å². The maximum Gasteiger partial charge on any atom is 0.0592 e. The molecule has 0 aromatic heterocycles. The first-order valence-corrected chi connectivity index (χ1v) is 4.44. The van der Waals surface area contributed by atoms with E-state index in [1.54, 1.807) is 11.8 Å². The summed E-state index contributed by atoms with van der Waals surface area (Å²) in [4.78, 5) is 1.25. The van der Waals surface area contributed by atoms with E-state index in [9.17, 15) is 0 Å². The van der Waals surface area contributed by atoms with E-state index in [0.717, 1.165) is 5.75 Å². The summed E-state index contributed by atoms with van der Waals surface area (Å²) in [5.41, 5.74) is 1.28. The normalized spacial score (nSPS) is 9.09. The van der Waals surface area contributed by atoms with E-state index in [0.29, 0.717) is 0 Å². The van der Waals surface area contributed by atoms with Crippen LogP contribution in [0.4, 0.5) is 0 Å². The molecule has 1 aromatic carbocycles. The highest BCUT2D eigenvalue weighted by atomic mass is 32.2. The van der Waals surface area contributed by atoms with Gasteiger partial charge in [0.2, 0.25) is 0 Å². The van der Waals surface area contributed by atoms with E-state index in [-0.39, 0.29) is 0 Å². The van der Waals surface area contributed by atoms with Gasteiger partial charge in [-0.25, -0.2) is 0 Å². The van der Waals surface area contributed by atoms with Crippen molar-refractivity contribution in [1.29, 1.82) is 0 Å². The quantitative estimate of drug-likeness (QED) is 0.476. The summed E-state index contributed by atoms with van der Waals surface area (Å²) < 4.78 is 0. The van der Waals surface area contributed by atoms with Crippen LogP contribution in [0, 0.1) is 19.3 Å². The second-order valence-electron chi connectivity index (χ2n) is 2.31. The summed E-state index contributed by atoms with van der Waals surface area (Å²) in [6, 6.07) is 8.35. The van der Waals surface area contributed by atoms with Crippen molar-refractivity contribution in [3.63, 3.8) is 0 Å². The maximum atomic E-state index is 5.14. The van der Waals surface area contributed by atoms with E-state index in [2.05, 4.69) is 31.0 Å². The molecule has 0 saturated heterocycles. The zero-order valence-electron chi connectivity index (χ0n) is 6.50. The molecule has 1 rings (SSSR count). The van der Waals surface area contributed by atoms with Crippen LogP contribution in [0.3, 0.4) is 0 Å². The molecule has 0 aliphatic heterocycles. The minimum Gasteiger partial charge on any atom is -0.119 e. The second kappa shape index (κ2) is 4.10. The van der Waals surface area contributed by atoms with Gasteiger partial charge in [-0.3, -0.25) is 0 Å². The zero-order chi connectivity index (χ0) is 8.10. The van der Waals surface area contributed by atoms with Crippen LogP contribution in [-0.2, 0) is 0 Å². The van der Waals surface area contributed by atoms with Gasteiger partial charge in [0.05, 0.1) is 5.75 Å². The Morgan fingerprint density at radius 3 is 3.00 bits per heavy atom. The molecule has 0 unspecified atom stereocenters. The number of thioether (sulfide) groups is 1. The standard InChI is InChI=1S/C10H10S/c1-3-7-11-10-6-4-5-9(2)8-10/h1,4-6,8H,7H2,2H3. The third-order valence-corrected chi connectivity index (χ3v) is 2.21. The maximum absolute atomic E-state index is 5.14. The minimum absolute atomic E-state index is 0.753. The van der Waals surface area contributed by atoms with Crippen molar-refractivity contribution in [2.24, 2.45) is 0 Å². The van der Waals surface area contributed by atoms with Crippen LogP contribution in [0.1, 0.15) is 5.56 Å². The van der Waals surface area contributed by atoms with Crippen LogP contribution in [0.25, 0.3) is 0 Å². The van der Waals surface area contributed by atoms with E-state index in [4.69, 9.17) is 6.42 Å². The summed E-state index contributed by atoms with van der Waals surface area (Å²) in [5, 5.41) is 0. The first kappa shape index (κ1) is 8.23. The lowest BCUT2D eigenvalue weighted by atomic mass is 10.2. The van der Waals surface area contributed by atoms with Crippen molar-refractivity contribution in [1.82, 2.24) is 0 Å². The van der Waals surface area contributed by atoms with Crippen LogP contribution >= 0.6 is 11.8 Å². The summed E-state index contributed by atoms with van der Waals surface area (Å²) >= 11 is 1.70. The number of benzene rings is 1. The molecule has 0 aliphatic carbocycles. The van der Waals surface area contributed by atoms with E-state index in [1.807, 2.05) is 6.07 Å². The summed E-state index contributed by atoms with van der Waals surface area (Å²) in [6.45, 7) is 2.08. The molecule has 0 spiro atoms. The second-order valence-corrected chi connectivity index (χ2v) is 3.36. The Balaban J connectivity index is 2.65. The van der Waals surface area contributed by atoms with Crippen molar-refractivity contribution in [2.45, 2.75) is 11.8 Å². The monoisotopic (exact) mass is 162 g/mol. The predicted molar refractivity (Wildman–Crippen MR) is 50.7 cm³/mol. The molecule has 1 heteroatoms. The fourth-order valence-electron chi connectivity index (χ4n) is 0.830. The molecule has 0 amide bonds. The molecule has 0 radical (unpaired) electrons. The van der Waals surface area contributed by atoms with Crippen molar-refractivity contribution >= 4 is 11.8 Å². The van der Waals surface area contributed by atoms with Gasteiger partial charge < -0.3 is 0 Å². The Kier molecular flexibility index (Phi) is 3.07. The lowest BCUT2D eigenvalue weighted by molar-refractivity contribution is 1.36. The van der Waals surface area contributed by atoms with Crippen LogP contribution in [-0.4, -0.2) is 5.75 Å². The molecular formula is C10H10S. The summed E-state index contributed by atoms with van der Waals surface area (Å²) in [5.74, 6) is 3.35. The lowest BCUT2D eigenvalue weighted by Crippen LogP contribution is -1.75. The zero-order valence-corrected chi connectivity index (χ0v) is 7.32. The molecule has 0 aliphatic rings. The molecule has 0 heterocycles. The molecule has 0 saturated carbocycles. The van der Waals surface area contributed by atoms with Gasteiger partial charge in [0.15, 0.2) is 0 Å². The summed E-state index contributed by atoms with van der Waals surface area (Å²) in [7, 11) is 0. The van der Waals surface area contributed by atoms with Gasteiger partial charge in [0.1, 0.15) is 0 Å². The Hall–Kier alpha value is -0.870. The highest BCUT2D eigenvalue weighted by Gasteiger charge is 1.90. The largest absolute Gasteiger partial charge is 0.119 e. The number of hydrogen-bond acceptors (Lipinski definition) is 1. The van der Waals surface area contributed by atoms with Crippen molar-refractivity contribution in [2.75, 3.05) is 5.75 Å². The minimum atomic E-state index is 0.753. The first-order chi connectivity index (χ1) is 5.33. The third kappa shape index (κ3) is 2.69. The van der Waals surface area contributed by atoms with Crippen LogP contribution in [0.5, 0.6) is 0 Å². The first-order valence-electron chi connectivity index (χ1n) is 3.46. The molecule has 0 nitrogen and oxygen atoms in total. The van der Waals surface area contributed by atoms with Crippen LogP contribution in [0.15, 0.2) is 29.2 Å². The highest BCUT2D eigenvalue weighted by Crippen LogP contribution is 2.17. The molecule has 0 N–H and O–H groups in total. The van der Waals surface area contributed by atoms with Crippen LogP contribution < -0.4 is 0 Å². The van der Waals surface area contributed by atoms with Crippen molar-refractivity contribution in [3.05, 3.63) is 29.8 Å². The van der Waals surface area contributed by atoms with Gasteiger partial charge in [0, 0.05) is 4.90 Å². The summed E-state index contributed by atoms with van der Waals surface area (Å²) in [6.07, 6.45) is 5.14. The fourth-order valence-corrected chi connectivity index (χ4v) is 1.52. The van der Waals surface area contributed by atoms with E-state index >= 15 is 0 Å². The molecular weight excluding hydrogens is 152 g/mol. The smallest absolute Gasteiger partial charge is 0.0592 e. The lowest BCUT2D eigenvalue weighted by Gasteiger charge is -1.97. The average molecular weight is 162 g/mol. The molecule has 11 heavy (non-hydrogen) atoms. The van der Waals surface area contributed by atoms with Gasteiger partial charge in [-0.2, -0.15) is 0 Å².